The van der Waals surface area contributed by atoms with Crippen LogP contribution in [0, 0.1) is 11.3 Å². The van der Waals surface area contributed by atoms with Crippen molar-refractivity contribution in [2.75, 3.05) is 17.2 Å². The first-order valence-corrected chi connectivity index (χ1v) is 8.15. The fourth-order valence-electron chi connectivity index (χ4n) is 1.90. The Balaban J connectivity index is 2.06. The van der Waals surface area contributed by atoms with E-state index in [4.69, 9.17) is 27.9 Å². The standard InChI is InChI=1S/C18H15Cl2N3O2/c1-2-25-15-6-4-14(5-7-15)23-18(24)12(10-21)11-22-17-8-3-13(19)9-16(17)20/h3-9,11,22H,2H2,1H3,(H,23,24)/b12-11-. The van der Waals surface area contributed by atoms with Gasteiger partial charge in [-0.15, -0.1) is 0 Å². The molecule has 0 radical (unpaired) electrons. The van der Waals surface area contributed by atoms with Crippen molar-refractivity contribution in [2.24, 2.45) is 0 Å². The third kappa shape index (κ3) is 5.42. The number of amides is 1. The van der Waals surface area contributed by atoms with Gasteiger partial charge in [0.1, 0.15) is 17.4 Å². The number of hydrogen-bond acceptors (Lipinski definition) is 4. The van der Waals surface area contributed by atoms with E-state index in [9.17, 15) is 10.1 Å². The molecule has 25 heavy (non-hydrogen) atoms. The number of hydrogen-bond donors (Lipinski definition) is 2. The number of halogens is 2. The van der Waals surface area contributed by atoms with Gasteiger partial charge in [0.25, 0.3) is 5.91 Å². The van der Waals surface area contributed by atoms with Gasteiger partial charge in [0.05, 0.1) is 17.3 Å². The molecule has 7 heteroatoms. The maximum atomic E-state index is 12.2. The highest BCUT2D eigenvalue weighted by molar-refractivity contribution is 6.36. The quantitative estimate of drug-likeness (QED) is 0.558. The van der Waals surface area contributed by atoms with Crippen molar-refractivity contribution in [1.82, 2.24) is 0 Å². The Bertz CT molecular complexity index is 827. The number of benzene rings is 2. The van der Waals surface area contributed by atoms with E-state index in [1.807, 2.05) is 13.0 Å². The number of carbonyl (C=O) groups is 1. The molecule has 0 aromatic heterocycles. The van der Waals surface area contributed by atoms with Crippen LogP contribution in [0.2, 0.25) is 10.0 Å². The second-order valence-electron chi connectivity index (χ2n) is 4.85. The molecule has 0 unspecified atom stereocenters. The summed E-state index contributed by atoms with van der Waals surface area (Å²) in [6.45, 7) is 2.45. The normalized spacial score (nSPS) is 10.7. The SMILES string of the molecule is CCOc1ccc(NC(=O)/C(C#N)=C\Nc2ccc(Cl)cc2Cl)cc1. The molecule has 128 valence electrons. The molecular weight excluding hydrogens is 361 g/mol. The van der Waals surface area contributed by atoms with Crippen LogP contribution in [0.5, 0.6) is 5.75 Å². The molecule has 2 aromatic rings. The van der Waals surface area contributed by atoms with Crippen LogP contribution in [0.4, 0.5) is 11.4 Å². The van der Waals surface area contributed by atoms with Crippen molar-refractivity contribution < 1.29 is 9.53 Å². The van der Waals surface area contributed by atoms with E-state index in [1.54, 1.807) is 42.5 Å². The number of nitrogens with one attached hydrogen (secondary N) is 2. The Hall–Kier alpha value is -2.68. The highest BCUT2D eigenvalue weighted by Gasteiger charge is 2.10. The number of rotatable bonds is 6. The molecule has 0 aliphatic carbocycles. The van der Waals surface area contributed by atoms with Crippen molar-refractivity contribution in [3.63, 3.8) is 0 Å². The molecule has 2 aromatic carbocycles. The minimum Gasteiger partial charge on any atom is -0.494 e. The molecule has 1 amide bonds. The molecule has 0 heterocycles. The molecular formula is C18H15Cl2N3O2. The lowest BCUT2D eigenvalue weighted by Crippen LogP contribution is -2.14. The minimum absolute atomic E-state index is 0.0973. The van der Waals surface area contributed by atoms with Crippen molar-refractivity contribution in [3.8, 4) is 11.8 Å². The lowest BCUT2D eigenvalue weighted by molar-refractivity contribution is -0.112. The lowest BCUT2D eigenvalue weighted by Gasteiger charge is -2.08. The first kappa shape index (κ1) is 18.7. The fourth-order valence-corrected chi connectivity index (χ4v) is 2.37. The van der Waals surface area contributed by atoms with Gasteiger partial charge in [0.15, 0.2) is 0 Å². The van der Waals surface area contributed by atoms with E-state index < -0.39 is 5.91 Å². The predicted molar refractivity (Wildman–Crippen MR) is 100 cm³/mol. The average Bonchev–Trinajstić information content (AvgIpc) is 2.59. The van der Waals surface area contributed by atoms with Crippen molar-refractivity contribution in [1.29, 1.82) is 5.26 Å². The van der Waals surface area contributed by atoms with Gasteiger partial charge in [-0.2, -0.15) is 5.26 Å². The van der Waals surface area contributed by atoms with Crippen molar-refractivity contribution >= 4 is 40.5 Å². The largest absolute Gasteiger partial charge is 0.494 e. The zero-order valence-corrected chi connectivity index (χ0v) is 14.9. The van der Waals surface area contributed by atoms with Gasteiger partial charge in [0, 0.05) is 16.9 Å². The number of carbonyl (C=O) groups excluding carboxylic acids is 1. The lowest BCUT2D eigenvalue weighted by atomic mass is 10.2. The summed E-state index contributed by atoms with van der Waals surface area (Å²) in [5.74, 6) is 0.167. The Kier molecular flexibility index (Phi) is 6.70. The first-order chi connectivity index (χ1) is 12.0. The zero-order chi connectivity index (χ0) is 18.2. The molecule has 0 aliphatic heterocycles. The van der Waals surface area contributed by atoms with Gasteiger partial charge < -0.3 is 15.4 Å². The second kappa shape index (κ2) is 8.97. The van der Waals surface area contributed by atoms with Crippen LogP contribution in [0.3, 0.4) is 0 Å². The maximum absolute atomic E-state index is 12.2. The van der Waals surface area contributed by atoms with E-state index in [2.05, 4.69) is 10.6 Å². The van der Waals surface area contributed by atoms with Gasteiger partial charge in [-0.1, -0.05) is 23.2 Å². The third-order valence-electron chi connectivity index (χ3n) is 3.09. The highest BCUT2D eigenvalue weighted by atomic mass is 35.5. The molecule has 0 atom stereocenters. The van der Waals surface area contributed by atoms with Crippen LogP contribution in [-0.4, -0.2) is 12.5 Å². The molecule has 0 saturated heterocycles. The van der Waals surface area contributed by atoms with Crippen molar-refractivity contribution in [3.05, 3.63) is 64.3 Å². The maximum Gasteiger partial charge on any atom is 0.267 e. The monoisotopic (exact) mass is 375 g/mol. The first-order valence-electron chi connectivity index (χ1n) is 7.39. The topological polar surface area (TPSA) is 74.1 Å². The summed E-state index contributed by atoms with van der Waals surface area (Å²) in [6.07, 6.45) is 1.29. The zero-order valence-electron chi connectivity index (χ0n) is 13.3. The van der Waals surface area contributed by atoms with E-state index in [0.29, 0.717) is 33.8 Å². The van der Waals surface area contributed by atoms with E-state index in [0.717, 1.165) is 0 Å². The summed E-state index contributed by atoms with van der Waals surface area (Å²) >= 11 is 11.9. The van der Waals surface area contributed by atoms with E-state index in [1.165, 1.54) is 6.20 Å². The van der Waals surface area contributed by atoms with Crippen LogP contribution in [-0.2, 0) is 4.79 Å². The Morgan fingerprint density at radius 3 is 2.56 bits per heavy atom. The van der Waals surface area contributed by atoms with Gasteiger partial charge >= 0.3 is 0 Å². The molecule has 0 saturated carbocycles. The van der Waals surface area contributed by atoms with Gasteiger partial charge in [0.2, 0.25) is 0 Å². The molecule has 2 rings (SSSR count). The molecule has 5 nitrogen and oxygen atoms in total. The summed E-state index contributed by atoms with van der Waals surface area (Å²) in [7, 11) is 0. The molecule has 2 N–H and O–H groups in total. The summed E-state index contributed by atoms with van der Waals surface area (Å²) in [4.78, 5) is 12.2. The second-order valence-corrected chi connectivity index (χ2v) is 5.69. The Morgan fingerprint density at radius 1 is 1.24 bits per heavy atom. The van der Waals surface area contributed by atoms with Gasteiger partial charge in [-0.05, 0) is 49.4 Å². The number of nitriles is 1. The number of nitrogens with zero attached hydrogens (tertiary/aromatic N) is 1. The van der Waals surface area contributed by atoms with Gasteiger partial charge in [-0.3, -0.25) is 4.79 Å². The number of anilines is 2. The molecule has 0 aliphatic rings. The summed E-state index contributed by atoms with van der Waals surface area (Å²) < 4.78 is 5.33. The fraction of sp³-hybridized carbons (Fsp3) is 0.111. The molecule has 0 bridgehead atoms. The van der Waals surface area contributed by atoms with Crippen LogP contribution in [0.15, 0.2) is 54.2 Å². The van der Waals surface area contributed by atoms with E-state index >= 15 is 0 Å². The van der Waals surface area contributed by atoms with Gasteiger partial charge in [-0.25, -0.2) is 0 Å². The highest BCUT2D eigenvalue weighted by Crippen LogP contribution is 2.25. The van der Waals surface area contributed by atoms with Crippen LogP contribution >= 0.6 is 23.2 Å². The smallest absolute Gasteiger partial charge is 0.267 e. The minimum atomic E-state index is -0.538. The molecule has 0 fully saturated rings. The summed E-state index contributed by atoms with van der Waals surface area (Å²) in [5, 5.41) is 15.5. The predicted octanol–water partition coefficient (Wildman–Crippen LogP) is 4.85. The average molecular weight is 376 g/mol. The molecule has 0 spiro atoms. The summed E-state index contributed by atoms with van der Waals surface area (Å²) in [6, 6.07) is 13.6. The third-order valence-corrected chi connectivity index (χ3v) is 3.64. The van der Waals surface area contributed by atoms with Crippen molar-refractivity contribution in [2.45, 2.75) is 6.92 Å². The van der Waals surface area contributed by atoms with Crippen LogP contribution in [0.1, 0.15) is 6.92 Å². The van der Waals surface area contributed by atoms with Crippen LogP contribution in [0.25, 0.3) is 0 Å². The van der Waals surface area contributed by atoms with E-state index in [-0.39, 0.29) is 5.57 Å². The number of ether oxygens (including phenoxy) is 1. The van der Waals surface area contributed by atoms with Crippen LogP contribution < -0.4 is 15.4 Å². The Morgan fingerprint density at radius 2 is 1.96 bits per heavy atom. The summed E-state index contributed by atoms with van der Waals surface area (Å²) in [5.41, 5.74) is 0.992. The Labute approximate surface area is 155 Å².